The summed E-state index contributed by atoms with van der Waals surface area (Å²) in [7, 11) is 0. The summed E-state index contributed by atoms with van der Waals surface area (Å²) in [6, 6.07) is 0. The molecule has 0 amide bonds. The van der Waals surface area contributed by atoms with Crippen LogP contribution in [0.1, 0.15) is 26.7 Å². The quantitative estimate of drug-likeness (QED) is 0.301. The molecular weight excluding hydrogens is 355 g/mol. The van der Waals surface area contributed by atoms with Crippen LogP contribution in [0.2, 0.25) is 0 Å². The van der Waals surface area contributed by atoms with Crippen molar-refractivity contribution in [3.63, 3.8) is 0 Å². The molecule has 0 saturated carbocycles. The second kappa shape index (κ2) is 11.7. The number of nitrogens with two attached hydrogens (primary N) is 1. The fourth-order valence-electron chi connectivity index (χ4n) is 1.86. The lowest BCUT2D eigenvalue weighted by molar-refractivity contribution is 0.0377. The molecule has 0 radical (unpaired) electrons. The number of ether oxygens (including phenoxy) is 1. The summed E-state index contributed by atoms with van der Waals surface area (Å²) in [5.74, 6) is 1.28. The highest BCUT2D eigenvalue weighted by Gasteiger charge is 2.08. The zero-order valence-electron chi connectivity index (χ0n) is 12.2. The van der Waals surface area contributed by atoms with E-state index in [-0.39, 0.29) is 24.0 Å². The van der Waals surface area contributed by atoms with E-state index in [9.17, 15) is 0 Å². The number of hydrogen-bond donors (Lipinski definition) is 2. The molecule has 1 aliphatic rings. The molecule has 1 saturated heterocycles. The molecule has 114 valence electrons. The minimum Gasteiger partial charge on any atom is -0.379 e. The van der Waals surface area contributed by atoms with Gasteiger partial charge in [-0.05, 0) is 18.8 Å². The smallest absolute Gasteiger partial charge is 0.188 e. The minimum absolute atomic E-state index is 0. The maximum atomic E-state index is 5.78. The van der Waals surface area contributed by atoms with Gasteiger partial charge in [-0.25, -0.2) is 0 Å². The average molecular weight is 384 g/mol. The van der Waals surface area contributed by atoms with Crippen LogP contribution in [0.4, 0.5) is 0 Å². The van der Waals surface area contributed by atoms with E-state index in [1.54, 1.807) is 0 Å². The average Bonchev–Trinajstić information content (AvgIpc) is 2.35. The van der Waals surface area contributed by atoms with E-state index >= 15 is 0 Å². The van der Waals surface area contributed by atoms with Crippen molar-refractivity contribution in [2.75, 3.05) is 45.9 Å². The Kier molecular flexibility index (Phi) is 11.7. The Bertz CT molecular complexity index is 243. The van der Waals surface area contributed by atoms with Crippen LogP contribution in [-0.2, 0) is 4.74 Å². The Morgan fingerprint density at radius 1 is 1.37 bits per heavy atom. The molecular formula is C13H29IN4O. The van der Waals surface area contributed by atoms with Crippen molar-refractivity contribution >= 4 is 29.9 Å². The molecule has 0 aromatic heterocycles. The summed E-state index contributed by atoms with van der Waals surface area (Å²) in [6.45, 7) is 11.0. The number of halogens is 1. The standard InChI is InChI=1S/C13H28N4O.HI/c1-12(2)4-6-16-13(14)15-5-3-7-17-8-10-18-11-9-17;/h12H,3-11H2,1-2H3,(H3,14,15,16);1H. The van der Waals surface area contributed by atoms with Crippen molar-refractivity contribution in [3.05, 3.63) is 0 Å². The first-order valence-electron chi connectivity index (χ1n) is 7.02. The Labute approximate surface area is 134 Å². The number of morpholine rings is 1. The third-order valence-corrected chi connectivity index (χ3v) is 3.05. The molecule has 3 N–H and O–H groups in total. The van der Waals surface area contributed by atoms with Gasteiger partial charge in [-0.2, -0.15) is 0 Å². The molecule has 0 aliphatic carbocycles. The lowest BCUT2D eigenvalue weighted by Gasteiger charge is -2.26. The Balaban J connectivity index is 0.00000324. The molecule has 1 aliphatic heterocycles. The number of aliphatic imine (C=N–C) groups is 1. The Morgan fingerprint density at radius 2 is 2.05 bits per heavy atom. The van der Waals surface area contributed by atoms with Crippen LogP contribution in [0, 0.1) is 5.92 Å². The van der Waals surface area contributed by atoms with Crippen LogP contribution in [-0.4, -0.2) is 56.8 Å². The highest BCUT2D eigenvalue weighted by atomic mass is 127. The SMILES string of the molecule is CC(C)CCNC(N)=NCCCN1CCOCC1.I. The fourth-order valence-corrected chi connectivity index (χ4v) is 1.86. The number of hydrogen-bond acceptors (Lipinski definition) is 3. The van der Waals surface area contributed by atoms with E-state index in [0.717, 1.165) is 58.8 Å². The van der Waals surface area contributed by atoms with Gasteiger partial charge in [0.25, 0.3) is 0 Å². The van der Waals surface area contributed by atoms with Crippen LogP contribution in [0.25, 0.3) is 0 Å². The fraction of sp³-hybridized carbons (Fsp3) is 0.923. The summed E-state index contributed by atoms with van der Waals surface area (Å²) < 4.78 is 5.31. The van der Waals surface area contributed by atoms with E-state index in [1.807, 2.05) is 0 Å². The summed E-state index contributed by atoms with van der Waals surface area (Å²) in [6.07, 6.45) is 2.19. The first kappa shape index (κ1) is 18.9. The van der Waals surface area contributed by atoms with Gasteiger partial charge < -0.3 is 15.8 Å². The van der Waals surface area contributed by atoms with E-state index < -0.39 is 0 Å². The predicted octanol–water partition coefficient (Wildman–Crippen LogP) is 1.28. The highest BCUT2D eigenvalue weighted by Crippen LogP contribution is 1.98. The Morgan fingerprint density at radius 3 is 2.68 bits per heavy atom. The predicted molar refractivity (Wildman–Crippen MR) is 91.2 cm³/mol. The lowest BCUT2D eigenvalue weighted by atomic mass is 10.1. The van der Waals surface area contributed by atoms with E-state index in [1.165, 1.54) is 0 Å². The molecule has 1 fully saturated rings. The molecule has 0 spiro atoms. The molecule has 1 heterocycles. The molecule has 0 atom stereocenters. The first-order chi connectivity index (χ1) is 8.68. The highest BCUT2D eigenvalue weighted by molar-refractivity contribution is 14.0. The van der Waals surface area contributed by atoms with Crippen molar-refractivity contribution in [1.82, 2.24) is 10.2 Å². The zero-order chi connectivity index (χ0) is 13.2. The van der Waals surface area contributed by atoms with Gasteiger partial charge in [0.2, 0.25) is 0 Å². The maximum Gasteiger partial charge on any atom is 0.188 e. The Hall–Kier alpha value is -0.0800. The van der Waals surface area contributed by atoms with Crippen LogP contribution < -0.4 is 11.1 Å². The van der Waals surface area contributed by atoms with E-state index in [4.69, 9.17) is 10.5 Å². The normalized spacial score (nSPS) is 17.3. The van der Waals surface area contributed by atoms with Gasteiger partial charge in [-0.3, -0.25) is 9.89 Å². The monoisotopic (exact) mass is 384 g/mol. The number of rotatable bonds is 7. The second-order valence-electron chi connectivity index (χ2n) is 5.18. The van der Waals surface area contributed by atoms with Crippen molar-refractivity contribution < 1.29 is 4.74 Å². The number of nitrogens with zero attached hydrogens (tertiary/aromatic N) is 2. The first-order valence-corrected chi connectivity index (χ1v) is 7.02. The van der Waals surface area contributed by atoms with Gasteiger partial charge in [0.15, 0.2) is 5.96 Å². The van der Waals surface area contributed by atoms with Crippen LogP contribution in [0.5, 0.6) is 0 Å². The summed E-state index contributed by atoms with van der Waals surface area (Å²) in [5, 5.41) is 3.15. The van der Waals surface area contributed by atoms with Gasteiger partial charge in [-0.15, -0.1) is 24.0 Å². The van der Waals surface area contributed by atoms with Gasteiger partial charge in [0, 0.05) is 32.7 Å². The molecule has 5 nitrogen and oxygen atoms in total. The largest absolute Gasteiger partial charge is 0.379 e. The van der Waals surface area contributed by atoms with Crippen LogP contribution in [0.3, 0.4) is 0 Å². The summed E-state index contributed by atoms with van der Waals surface area (Å²) >= 11 is 0. The third-order valence-electron chi connectivity index (χ3n) is 3.05. The van der Waals surface area contributed by atoms with Crippen molar-refractivity contribution in [2.24, 2.45) is 16.6 Å². The number of nitrogens with one attached hydrogen (secondary N) is 1. The number of guanidine groups is 1. The maximum absolute atomic E-state index is 5.78. The lowest BCUT2D eigenvalue weighted by Crippen LogP contribution is -2.37. The van der Waals surface area contributed by atoms with Crippen molar-refractivity contribution in [2.45, 2.75) is 26.7 Å². The second-order valence-corrected chi connectivity index (χ2v) is 5.18. The zero-order valence-corrected chi connectivity index (χ0v) is 14.6. The molecule has 0 bridgehead atoms. The summed E-state index contributed by atoms with van der Waals surface area (Å²) in [4.78, 5) is 6.75. The summed E-state index contributed by atoms with van der Waals surface area (Å²) in [5.41, 5.74) is 5.78. The third kappa shape index (κ3) is 10.4. The molecule has 1 rings (SSSR count). The van der Waals surface area contributed by atoms with Gasteiger partial charge >= 0.3 is 0 Å². The molecule has 0 aromatic rings. The molecule has 19 heavy (non-hydrogen) atoms. The molecule has 0 unspecified atom stereocenters. The molecule has 0 aromatic carbocycles. The minimum atomic E-state index is 0. The topological polar surface area (TPSA) is 62.9 Å². The van der Waals surface area contributed by atoms with Crippen molar-refractivity contribution in [3.8, 4) is 0 Å². The van der Waals surface area contributed by atoms with Gasteiger partial charge in [0.1, 0.15) is 0 Å². The molecule has 6 heteroatoms. The van der Waals surface area contributed by atoms with E-state index in [0.29, 0.717) is 11.9 Å². The van der Waals surface area contributed by atoms with Gasteiger partial charge in [-0.1, -0.05) is 13.8 Å². The van der Waals surface area contributed by atoms with Crippen LogP contribution in [0.15, 0.2) is 4.99 Å². The van der Waals surface area contributed by atoms with Crippen LogP contribution >= 0.6 is 24.0 Å². The van der Waals surface area contributed by atoms with Gasteiger partial charge in [0.05, 0.1) is 13.2 Å². The van der Waals surface area contributed by atoms with E-state index in [2.05, 4.69) is 29.1 Å². The van der Waals surface area contributed by atoms with Crippen molar-refractivity contribution in [1.29, 1.82) is 0 Å².